The van der Waals surface area contributed by atoms with Gasteiger partial charge in [-0.05, 0) is 42.0 Å². The standard InChI is InChI=1S/C17H20F3NOS/c1-13-7-10-23-16(13)12-21(8-4-9-22)11-14-5-2-3-6-15(14)17(18,19)20/h2-3,5-7,10,22H,4,8-9,11-12H2,1H3. The van der Waals surface area contributed by atoms with Gasteiger partial charge in [0, 0.05) is 31.1 Å². The van der Waals surface area contributed by atoms with Crippen molar-refractivity contribution in [1.82, 2.24) is 4.90 Å². The van der Waals surface area contributed by atoms with E-state index in [9.17, 15) is 13.2 Å². The van der Waals surface area contributed by atoms with E-state index < -0.39 is 11.7 Å². The van der Waals surface area contributed by atoms with Crippen molar-refractivity contribution >= 4 is 11.3 Å². The van der Waals surface area contributed by atoms with Crippen LogP contribution in [0, 0.1) is 6.92 Å². The van der Waals surface area contributed by atoms with Crippen LogP contribution < -0.4 is 0 Å². The van der Waals surface area contributed by atoms with Crippen molar-refractivity contribution in [3.8, 4) is 0 Å². The fourth-order valence-corrected chi connectivity index (χ4v) is 3.40. The smallest absolute Gasteiger partial charge is 0.396 e. The molecule has 1 aromatic carbocycles. The van der Waals surface area contributed by atoms with Crippen LogP contribution in [0.1, 0.15) is 28.0 Å². The Morgan fingerprint density at radius 2 is 1.87 bits per heavy atom. The summed E-state index contributed by atoms with van der Waals surface area (Å²) in [6, 6.07) is 7.69. The van der Waals surface area contributed by atoms with Crippen LogP contribution in [0.5, 0.6) is 0 Å². The summed E-state index contributed by atoms with van der Waals surface area (Å²) in [5.74, 6) is 0. The van der Waals surface area contributed by atoms with E-state index in [1.807, 2.05) is 23.3 Å². The zero-order valence-electron chi connectivity index (χ0n) is 12.9. The van der Waals surface area contributed by atoms with Crippen LogP contribution in [-0.4, -0.2) is 23.2 Å². The molecule has 0 radical (unpaired) electrons. The molecule has 6 heteroatoms. The van der Waals surface area contributed by atoms with Crippen molar-refractivity contribution in [2.75, 3.05) is 13.2 Å². The number of thiophene rings is 1. The number of aliphatic hydroxyl groups excluding tert-OH is 1. The van der Waals surface area contributed by atoms with Crippen LogP contribution in [-0.2, 0) is 19.3 Å². The Morgan fingerprint density at radius 3 is 2.48 bits per heavy atom. The second-order valence-electron chi connectivity index (χ2n) is 5.47. The van der Waals surface area contributed by atoms with Crippen LogP contribution >= 0.6 is 11.3 Å². The fourth-order valence-electron chi connectivity index (χ4n) is 2.45. The van der Waals surface area contributed by atoms with Gasteiger partial charge in [-0.3, -0.25) is 4.90 Å². The van der Waals surface area contributed by atoms with Gasteiger partial charge in [0.15, 0.2) is 0 Å². The van der Waals surface area contributed by atoms with Gasteiger partial charge in [-0.1, -0.05) is 18.2 Å². The van der Waals surface area contributed by atoms with Crippen LogP contribution in [0.3, 0.4) is 0 Å². The number of alkyl halides is 3. The van der Waals surface area contributed by atoms with Gasteiger partial charge in [0.25, 0.3) is 0 Å². The lowest BCUT2D eigenvalue weighted by Crippen LogP contribution is -2.26. The molecule has 1 heterocycles. The van der Waals surface area contributed by atoms with Gasteiger partial charge in [0.1, 0.15) is 0 Å². The number of nitrogens with zero attached hydrogens (tertiary/aromatic N) is 1. The van der Waals surface area contributed by atoms with Crippen LogP contribution in [0.15, 0.2) is 35.7 Å². The van der Waals surface area contributed by atoms with Crippen molar-refractivity contribution in [3.05, 3.63) is 57.3 Å². The maximum absolute atomic E-state index is 13.1. The molecule has 0 unspecified atom stereocenters. The molecule has 2 rings (SSSR count). The number of aryl methyl sites for hydroxylation is 1. The summed E-state index contributed by atoms with van der Waals surface area (Å²) < 4.78 is 39.4. The Balaban J connectivity index is 2.19. The molecule has 0 fully saturated rings. The molecular formula is C17H20F3NOS. The maximum Gasteiger partial charge on any atom is 0.416 e. The van der Waals surface area contributed by atoms with E-state index in [0.717, 1.165) is 16.5 Å². The molecule has 0 spiro atoms. The second kappa shape index (κ2) is 7.95. The Kier molecular flexibility index (Phi) is 6.21. The minimum absolute atomic E-state index is 0.0286. The van der Waals surface area contributed by atoms with Crippen molar-refractivity contribution in [2.24, 2.45) is 0 Å². The highest BCUT2D eigenvalue weighted by Gasteiger charge is 2.33. The Labute approximate surface area is 138 Å². The summed E-state index contributed by atoms with van der Waals surface area (Å²) in [6.07, 6.45) is -3.81. The summed E-state index contributed by atoms with van der Waals surface area (Å²) in [6.45, 7) is 3.39. The molecular weight excluding hydrogens is 323 g/mol. The van der Waals surface area contributed by atoms with E-state index in [2.05, 4.69) is 0 Å². The summed E-state index contributed by atoms with van der Waals surface area (Å²) in [7, 11) is 0. The minimum Gasteiger partial charge on any atom is -0.396 e. The van der Waals surface area contributed by atoms with Crippen molar-refractivity contribution in [2.45, 2.75) is 32.6 Å². The third-order valence-corrected chi connectivity index (χ3v) is 4.69. The van der Waals surface area contributed by atoms with Gasteiger partial charge in [-0.15, -0.1) is 11.3 Å². The minimum atomic E-state index is -4.35. The van der Waals surface area contributed by atoms with Gasteiger partial charge in [0.2, 0.25) is 0 Å². The number of halogens is 3. The number of benzene rings is 1. The largest absolute Gasteiger partial charge is 0.416 e. The maximum atomic E-state index is 13.1. The first-order valence-electron chi connectivity index (χ1n) is 7.43. The van der Waals surface area contributed by atoms with E-state index in [0.29, 0.717) is 19.5 Å². The lowest BCUT2D eigenvalue weighted by molar-refractivity contribution is -0.138. The average Bonchev–Trinajstić information content (AvgIpc) is 2.89. The predicted molar refractivity (Wildman–Crippen MR) is 86.3 cm³/mol. The van der Waals surface area contributed by atoms with Crippen LogP contribution in [0.25, 0.3) is 0 Å². The van der Waals surface area contributed by atoms with Crippen LogP contribution in [0.4, 0.5) is 13.2 Å². The number of aliphatic hydroxyl groups is 1. The summed E-state index contributed by atoms with van der Waals surface area (Å²) in [5, 5.41) is 11.0. The first kappa shape index (κ1) is 18.0. The highest BCUT2D eigenvalue weighted by Crippen LogP contribution is 2.32. The van der Waals surface area contributed by atoms with Gasteiger partial charge >= 0.3 is 6.18 Å². The molecule has 2 nitrogen and oxygen atoms in total. The summed E-state index contributed by atoms with van der Waals surface area (Å²) >= 11 is 1.61. The zero-order chi connectivity index (χ0) is 16.9. The molecule has 0 aliphatic rings. The molecule has 2 aromatic rings. The second-order valence-corrected chi connectivity index (χ2v) is 6.47. The number of hydrogen-bond donors (Lipinski definition) is 1. The van der Waals surface area contributed by atoms with E-state index in [4.69, 9.17) is 5.11 Å². The van der Waals surface area contributed by atoms with Crippen molar-refractivity contribution in [1.29, 1.82) is 0 Å². The molecule has 0 aliphatic heterocycles. The normalized spacial score (nSPS) is 12.1. The highest BCUT2D eigenvalue weighted by molar-refractivity contribution is 7.10. The van der Waals surface area contributed by atoms with E-state index in [-0.39, 0.29) is 18.7 Å². The summed E-state index contributed by atoms with van der Waals surface area (Å²) in [4.78, 5) is 3.10. The SMILES string of the molecule is Cc1ccsc1CN(CCCO)Cc1ccccc1C(F)(F)F. The summed E-state index contributed by atoms with van der Waals surface area (Å²) in [5.41, 5.74) is 0.831. The third kappa shape index (κ3) is 5.06. The Morgan fingerprint density at radius 1 is 1.13 bits per heavy atom. The van der Waals surface area contributed by atoms with Crippen molar-refractivity contribution < 1.29 is 18.3 Å². The van der Waals surface area contributed by atoms with E-state index in [1.165, 1.54) is 12.1 Å². The molecule has 126 valence electrons. The molecule has 0 amide bonds. The van der Waals surface area contributed by atoms with E-state index in [1.54, 1.807) is 17.4 Å². The Bertz CT molecular complexity index is 624. The lowest BCUT2D eigenvalue weighted by Gasteiger charge is -2.24. The number of hydrogen-bond acceptors (Lipinski definition) is 3. The highest BCUT2D eigenvalue weighted by atomic mass is 32.1. The van der Waals surface area contributed by atoms with Gasteiger partial charge in [-0.25, -0.2) is 0 Å². The predicted octanol–water partition coefficient (Wildman–Crippen LogP) is 4.46. The monoisotopic (exact) mass is 343 g/mol. The average molecular weight is 343 g/mol. The van der Waals surface area contributed by atoms with Crippen LogP contribution in [0.2, 0.25) is 0 Å². The fraction of sp³-hybridized carbons (Fsp3) is 0.412. The van der Waals surface area contributed by atoms with Gasteiger partial charge in [0.05, 0.1) is 5.56 Å². The molecule has 23 heavy (non-hydrogen) atoms. The number of rotatable bonds is 7. The molecule has 0 saturated heterocycles. The molecule has 0 aliphatic carbocycles. The third-order valence-electron chi connectivity index (χ3n) is 3.68. The Hall–Kier alpha value is -1.37. The van der Waals surface area contributed by atoms with Crippen molar-refractivity contribution in [3.63, 3.8) is 0 Å². The van der Waals surface area contributed by atoms with E-state index >= 15 is 0 Å². The zero-order valence-corrected chi connectivity index (χ0v) is 13.8. The molecule has 1 N–H and O–H groups in total. The quantitative estimate of drug-likeness (QED) is 0.802. The molecule has 1 aromatic heterocycles. The van der Waals surface area contributed by atoms with Gasteiger partial charge in [-0.2, -0.15) is 13.2 Å². The lowest BCUT2D eigenvalue weighted by atomic mass is 10.1. The molecule has 0 saturated carbocycles. The first-order chi connectivity index (χ1) is 10.9. The topological polar surface area (TPSA) is 23.5 Å². The van der Waals surface area contributed by atoms with Gasteiger partial charge < -0.3 is 5.11 Å². The molecule has 0 atom stereocenters. The molecule has 0 bridgehead atoms. The first-order valence-corrected chi connectivity index (χ1v) is 8.31.